The first-order chi connectivity index (χ1) is 13.7. The highest BCUT2D eigenvalue weighted by molar-refractivity contribution is 5.91. The quantitative estimate of drug-likeness (QED) is 0.735. The molecule has 142 valence electrons. The van der Waals surface area contributed by atoms with Crippen molar-refractivity contribution < 1.29 is 4.79 Å². The second kappa shape index (κ2) is 8.10. The third-order valence-electron chi connectivity index (χ3n) is 4.64. The van der Waals surface area contributed by atoms with Crippen molar-refractivity contribution in [2.24, 2.45) is 0 Å². The fourth-order valence-corrected chi connectivity index (χ4v) is 3.19. The molecule has 4 rings (SSSR count). The van der Waals surface area contributed by atoms with Crippen LogP contribution < -0.4 is 5.32 Å². The van der Waals surface area contributed by atoms with Gasteiger partial charge < -0.3 is 5.32 Å². The Hall–Kier alpha value is -3.39. The molecule has 0 atom stereocenters. The Morgan fingerprint density at radius 3 is 2.89 bits per heavy atom. The van der Waals surface area contributed by atoms with E-state index in [4.69, 9.17) is 0 Å². The molecule has 0 unspecified atom stereocenters. The average Bonchev–Trinajstić information content (AvgIpc) is 3.19. The van der Waals surface area contributed by atoms with Gasteiger partial charge in [-0.3, -0.25) is 14.7 Å². The van der Waals surface area contributed by atoms with Crippen LogP contribution in [0.5, 0.6) is 0 Å². The van der Waals surface area contributed by atoms with Gasteiger partial charge in [-0.1, -0.05) is 12.1 Å². The largest absolute Gasteiger partial charge is 0.308 e. The zero-order valence-electron chi connectivity index (χ0n) is 15.6. The SMILES string of the molecule is Cc1cccnc1-n1cc(C2=CCN(CC(=O)Nc3cnccn3)CC2)cn1. The summed E-state index contributed by atoms with van der Waals surface area (Å²) in [5.41, 5.74) is 3.41. The molecule has 0 fully saturated rings. The first-order valence-electron chi connectivity index (χ1n) is 9.13. The smallest absolute Gasteiger partial charge is 0.239 e. The number of hydrogen-bond donors (Lipinski definition) is 1. The Labute approximate surface area is 163 Å². The maximum Gasteiger partial charge on any atom is 0.239 e. The molecule has 0 bridgehead atoms. The number of carbonyl (C=O) groups is 1. The predicted octanol–water partition coefficient (Wildman–Crippen LogP) is 2.09. The first kappa shape index (κ1) is 18.0. The van der Waals surface area contributed by atoms with Crippen molar-refractivity contribution in [2.75, 3.05) is 25.0 Å². The Morgan fingerprint density at radius 2 is 2.14 bits per heavy atom. The highest BCUT2D eigenvalue weighted by atomic mass is 16.2. The third-order valence-corrected chi connectivity index (χ3v) is 4.64. The third kappa shape index (κ3) is 4.12. The van der Waals surface area contributed by atoms with Gasteiger partial charge in [0, 0.05) is 43.4 Å². The van der Waals surface area contributed by atoms with E-state index in [0.717, 1.165) is 36.5 Å². The molecule has 4 heterocycles. The van der Waals surface area contributed by atoms with E-state index in [1.165, 1.54) is 11.8 Å². The Morgan fingerprint density at radius 1 is 1.21 bits per heavy atom. The second-order valence-electron chi connectivity index (χ2n) is 6.67. The molecule has 1 aliphatic heterocycles. The van der Waals surface area contributed by atoms with Gasteiger partial charge in [-0.2, -0.15) is 5.10 Å². The summed E-state index contributed by atoms with van der Waals surface area (Å²) in [7, 11) is 0. The van der Waals surface area contributed by atoms with Crippen LogP contribution >= 0.6 is 0 Å². The minimum absolute atomic E-state index is 0.0872. The van der Waals surface area contributed by atoms with Crippen molar-refractivity contribution in [1.29, 1.82) is 0 Å². The Kier molecular flexibility index (Phi) is 5.20. The maximum absolute atomic E-state index is 12.2. The normalized spacial score (nSPS) is 14.5. The van der Waals surface area contributed by atoms with Crippen molar-refractivity contribution in [2.45, 2.75) is 13.3 Å². The summed E-state index contributed by atoms with van der Waals surface area (Å²) < 4.78 is 1.81. The molecule has 8 heteroatoms. The standard InChI is InChI=1S/C20H21N7O/c1-15-3-2-6-23-20(15)27-13-17(11-24-27)16-4-9-26(10-5-16)14-19(28)25-18-12-21-7-8-22-18/h2-4,6-8,11-13H,5,9-10,14H2,1H3,(H,22,25,28). The lowest BCUT2D eigenvalue weighted by Crippen LogP contribution is -2.36. The van der Waals surface area contributed by atoms with Crippen molar-refractivity contribution in [3.8, 4) is 5.82 Å². The van der Waals surface area contributed by atoms with Crippen LogP contribution in [-0.4, -0.2) is 55.2 Å². The fraction of sp³-hybridized carbons (Fsp3) is 0.250. The monoisotopic (exact) mass is 375 g/mol. The summed E-state index contributed by atoms with van der Waals surface area (Å²) >= 11 is 0. The second-order valence-corrected chi connectivity index (χ2v) is 6.67. The number of anilines is 1. The van der Waals surface area contributed by atoms with E-state index in [0.29, 0.717) is 12.4 Å². The van der Waals surface area contributed by atoms with Crippen LogP contribution in [0.3, 0.4) is 0 Å². The van der Waals surface area contributed by atoms with Crippen molar-refractivity contribution in [3.63, 3.8) is 0 Å². The van der Waals surface area contributed by atoms with Gasteiger partial charge >= 0.3 is 0 Å². The highest BCUT2D eigenvalue weighted by Gasteiger charge is 2.17. The molecule has 1 aliphatic rings. The molecule has 0 saturated heterocycles. The molecule has 0 aromatic carbocycles. The zero-order valence-corrected chi connectivity index (χ0v) is 15.6. The molecule has 8 nitrogen and oxygen atoms in total. The maximum atomic E-state index is 12.2. The van der Waals surface area contributed by atoms with Gasteiger partial charge in [0.1, 0.15) is 0 Å². The van der Waals surface area contributed by atoms with Crippen LogP contribution in [0.2, 0.25) is 0 Å². The van der Waals surface area contributed by atoms with Gasteiger partial charge in [-0.15, -0.1) is 0 Å². The molecule has 0 saturated carbocycles. The van der Waals surface area contributed by atoms with E-state index >= 15 is 0 Å². The van der Waals surface area contributed by atoms with Gasteiger partial charge in [0.25, 0.3) is 0 Å². The molecule has 1 amide bonds. The number of amides is 1. The van der Waals surface area contributed by atoms with E-state index in [1.807, 2.05) is 36.1 Å². The van der Waals surface area contributed by atoms with Crippen LogP contribution in [-0.2, 0) is 4.79 Å². The minimum atomic E-state index is -0.0872. The molecule has 3 aromatic heterocycles. The summed E-state index contributed by atoms with van der Waals surface area (Å²) in [5, 5.41) is 7.22. The highest BCUT2D eigenvalue weighted by Crippen LogP contribution is 2.23. The van der Waals surface area contributed by atoms with Gasteiger partial charge in [-0.05, 0) is 30.5 Å². The summed E-state index contributed by atoms with van der Waals surface area (Å²) in [4.78, 5) is 26.7. The van der Waals surface area contributed by atoms with Crippen molar-refractivity contribution in [1.82, 2.24) is 29.6 Å². The Bertz CT molecular complexity index is 997. The molecule has 0 aliphatic carbocycles. The first-order valence-corrected chi connectivity index (χ1v) is 9.13. The van der Waals surface area contributed by atoms with E-state index < -0.39 is 0 Å². The fourth-order valence-electron chi connectivity index (χ4n) is 3.19. The van der Waals surface area contributed by atoms with E-state index in [9.17, 15) is 4.79 Å². The van der Waals surface area contributed by atoms with Crippen LogP contribution in [0.15, 0.2) is 55.4 Å². The zero-order chi connectivity index (χ0) is 19.3. The number of pyridine rings is 1. The van der Waals surface area contributed by atoms with Crippen molar-refractivity contribution >= 4 is 17.3 Å². The number of hydrogen-bond acceptors (Lipinski definition) is 6. The van der Waals surface area contributed by atoms with Gasteiger partial charge in [0.15, 0.2) is 11.6 Å². The molecule has 3 aromatic rings. The van der Waals surface area contributed by atoms with Gasteiger partial charge in [0.2, 0.25) is 5.91 Å². The molecule has 0 radical (unpaired) electrons. The lowest BCUT2D eigenvalue weighted by Gasteiger charge is -2.25. The number of nitrogens with one attached hydrogen (secondary N) is 1. The number of nitrogens with zero attached hydrogens (tertiary/aromatic N) is 6. The van der Waals surface area contributed by atoms with Crippen molar-refractivity contribution in [3.05, 3.63) is 66.5 Å². The lowest BCUT2D eigenvalue weighted by molar-refractivity contribution is -0.117. The predicted molar refractivity (Wildman–Crippen MR) is 106 cm³/mol. The van der Waals surface area contributed by atoms with Crippen LogP contribution in [0, 0.1) is 6.92 Å². The van der Waals surface area contributed by atoms with Crippen LogP contribution in [0.1, 0.15) is 17.5 Å². The molecule has 0 spiro atoms. The molecular formula is C20H21N7O. The van der Waals surface area contributed by atoms with E-state index in [-0.39, 0.29) is 5.91 Å². The van der Waals surface area contributed by atoms with E-state index in [2.05, 4.69) is 36.3 Å². The van der Waals surface area contributed by atoms with Gasteiger partial charge in [0.05, 0.1) is 18.9 Å². The number of aromatic nitrogens is 5. The molecular weight excluding hydrogens is 354 g/mol. The summed E-state index contributed by atoms with van der Waals surface area (Å²) in [5.74, 6) is 1.22. The summed E-state index contributed by atoms with van der Waals surface area (Å²) in [6.45, 7) is 3.88. The Balaban J connectivity index is 1.37. The number of rotatable bonds is 5. The summed E-state index contributed by atoms with van der Waals surface area (Å²) in [6, 6.07) is 3.94. The average molecular weight is 375 g/mol. The lowest BCUT2D eigenvalue weighted by atomic mass is 10.0. The molecule has 1 N–H and O–H groups in total. The molecule has 28 heavy (non-hydrogen) atoms. The van der Waals surface area contributed by atoms with Crippen LogP contribution in [0.4, 0.5) is 5.82 Å². The minimum Gasteiger partial charge on any atom is -0.308 e. The van der Waals surface area contributed by atoms with Gasteiger partial charge in [-0.25, -0.2) is 14.6 Å². The van der Waals surface area contributed by atoms with Crippen LogP contribution in [0.25, 0.3) is 11.4 Å². The van der Waals surface area contributed by atoms with E-state index in [1.54, 1.807) is 18.6 Å². The summed E-state index contributed by atoms with van der Waals surface area (Å²) in [6.07, 6.45) is 13.3. The topological polar surface area (TPSA) is 88.8 Å². The number of aryl methyl sites for hydroxylation is 1. The number of carbonyl (C=O) groups excluding carboxylic acids is 1.